The Morgan fingerprint density at radius 2 is 1.95 bits per heavy atom. The van der Waals surface area contributed by atoms with E-state index in [1.165, 1.54) is 24.3 Å². The Labute approximate surface area is 117 Å². The molecule has 0 aliphatic carbocycles. The standard InChI is InChI=1S/C13H11F3N2O3/c1-2-21-11-7-10(13(14,15)16)18(17-11)9-5-3-8(4-6-9)12(19)20/h3-7H,2H2,1H3,(H,19,20). The number of alkyl halides is 3. The monoisotopic (exact) mass is 300 g/mol. The number of aromatic nitrogens is 2. The number of halogens is 3. The highest BCUT2D eigenvalue weighted by Crippen LogP contribution is 2.33. The zero-order chi connectivity index (χ0) is 15.6. The van der Waals surface area contributed by atoms with Crippen molar-refractivity contribution in [1.29, 1.82) is 0 Å². The summed E-state index contributed by atoms with van der Waals surface area (Å²) in [6.45, 7) is 1.82. The molecule has 2 aromatic rings. The van der Waals surface area contributed by atoms with Crippen molar-refractivity contribution in [2.24, 2.45) is 0 Å². The van der Waals surface area contributed by atoms with E-state index in [-0.39, 0.29) is 23.7 Å². The van der Waals surface area contributed by atoms with Crippen molar-refractivity contribution in [2.75, 3.05) is 6.61 Å². The van der Waals surface area contributed by atoms with Gasteiger partial charge in [-0.1, -0.05) is 0 Å². The number of ether oxygens (including phenoxy) is 1. The van der Waals surface area contributed by atoms with Crippen LogP contribution in [0.5, 0.6) is 5.88 Å². The average molecular weight is 300 g/mol. The molecule has 0 saturated carbocycles. The van der Waals surface area contributed by atoms with Crippen LogP contribution in [-0.4, -0.2) is 27.5 Å². The molecule has 0 bridgehead atoms. The molecule has 0 radical (unpaired) electrons. The topological polar surface area (TPSA) is 64.3 Å². The first-order valence-corrected chi connectivity index (χ1v) is 5.96. The number of nitrogens with zero attached hydrogens (tertiary/aromatic N) is 2. The second kappa shape index (κ2) is 5.47. The van der Waals surface area contributed by atoms with Gasteiger partial charge in [-0.05, 0) is 31.2 Å². The summed E-state index contributed by atoms with van der Waals surface area (Å²) in [5.74, 6) is -1.31. The van der Waals surface area contributed by atoms with Crippen LogP contribution in [0.2, 0.25) is 0 Å². The Hall–Kier alpha value is -2.51. The van der Waals surface area contributed by atoms with Gasteiger partial charge in [-0.25, -0.2) is 9.48 Å². The summed E-state index contributed by atoms with van der Waals surface area (Å²) in [4.78, 5) is 10.7. The highest BCUT2D eigenvalue weighted by molar-refractivity contribution is 5.87. The van der Waals surface area contributed by atoms with Crippen LogP contribution in [0.25, 0.3) is 5.69 Å². The molecule has 5 nitrogen and oxygen atoms in total. The van der Waals surface area contributed by atoms with Crippen LogP contribution < -0.4 is 4.74 Å². The summed E-state index contributed by atoms with van der Waals surface area (Å²) in [5.41, 5.74) is -0.920. The summed E-state index contributed by atoms with van der Waals surface area (Å²) in [6, 6.07) is 5.72. The largest absolute Gasteiger partial charge is 0.478 e. The summed E-state index contributed by atoms with van der Waals surface area (Å²) in [5, 5.41) is 12.5. The maximum Gasteiger partial charge on any atom is 0.433 e. The number of hydrogen-bond acceptors (Lipinski definition) is 3. The fourth-order valence-corrected chi connectivity index (χ4v) is 1.72. The number of carbonyl (C=O) groups is 1. The second-order valence-electron chi connectivity index (χ2n) is 4.06. The zero-order valence-corrected chi connectivity index (χ0v) is 10.9. The van der Waals surface area contributed by atoms with Crippen molar-refractivity contribution in [3.63, 3.8) is 0 Å². The highest BCUT2D eigenvalue weighted by Gasteiger charge is 2.36. The fraction of sp³-hybridized carbons (Fsp3) is 0.231. The lowest BCUT2D eigenvalue weighted by Gasteiger charge is -2.09. The average Bonchev–Trinajstić information content (AvgIpc) is 2.83. The second-order valence-corrected chi connectivity index (χ2v) is 4.06. The molecule has 0 saturated heterocycles. The van der Waals surface area contributed by atoms with Crippen molar-refractivity contribution in [1.82, 2.24) is 9.78 Å². The van der Waals surface area contributed by atoms with E-state index in [0.717, 1.165) is 6.07 Å². The van der Waals surface area contributed by atoms with Gasteiger partial charge in [-0.15, -0.1) is 5.10 Å². The minimum atomic E-state index is -4.60. The van der Waals surface area contributed by atoms with E-state index in [4.69, 9.17) is 9.84 Å². The van der Waals surface area contributed by atoms with Gasteiger partial charge in [0.15, 0.2) is 5.69 Å². The molecule has 1 aromatic heterocycles. The maximum absolute atomic E-state index is 13.0. The molecule has 2 rings (SSSR count). The lowest BCUT2D eigenvalue weighted by Crippen LogP contribution is -2.13. The van der Waals surface area contributed by atoms with Crippen LogP contribution >= 0.6 is 0 Å². The van der Waals surface area contributed by atoms with Crippen LogP contribution in [-0.2, 0) is 6.18 Å². The molecule has 0 fully saturated rings. The van der Waals surface area contributed by atoms with Gasteiger partial charge in [0.1, 0.15) is 0 Å². The Balaban J connectivity index is 2.48. The predicted octanol–water partition coefficient (Wildman–Crippen LogP) is 2.99. The van der Waals surface area contributed by atoms with Crippen molar-refractivity contribution in [2.45, 2.75) is 13.1 Å². The molecule has 0 unspecified atom stereocenters. The van der Waals surface area contributed by atoms with E-state index in [0.29, 0.717) is 4.68 Å². The number of aromatic carboxylic acids is 1. The Morgan fingerprint density at radius 3 is 2.43 bits per heavy atom. The molecule has 0 atom stereocenters. The Bertz CT molecular complexity index is 648. The van der Waals surface area contributed by atoms with Gasteiger partial charge in [-0.2, -0.15) is 13.2 Å². The van der Waals surface area contributed by atoms with Crippen LogP contribution in [0.4, 0.5) is 13.2 Å². The molecule has 0 amide bonds. The molecule has 1 aromatic carbocycles. The third-order valence-corrected chi connectivity index (χ3v) is 2.63. The summed E-state index contributed by atoms with van der Waals surface area (Å²) >= 11 is 0. The van der Waals surface area contributed by atoms with Gasteiger partial charge in [0.25, 0.3) is 0 Å². The summed E-state index contributed by atoms with van der Waals surface area (Å²) in [6.07, 6.45) is -4.60. The fourth-order valence-electron chi connectivity index (χ4n) is 1.72. The first-order valence-electron chi connectivity index (χ1n) is 5.96. The molecular formula is C13H11F3N2O3. The van der Waals surface area contributed by atoms with Crippen molar-refractivity contribution in [3.05, 3.63) is 41.6 Å². The summed E-state index contributed by atoms with van der Waals surface area (Å²) in [7, 11) is 0. The number of hydrogen-bond donors (Lipinski definition) is 1. The number of benzene rings is 1. The van der Waals surface area contributed by atoms with E-state index >= 15 is 0 Å². The first-order chi connectivity index (χ1) is 9.82. The van der Waals surface area contributed by atoms with E-state index in [1.54, 1.807) is 6.92 Å². The van der Waals surface area contributed by atoms with Gasteiger partial charge < -0.3 is 9.84 Å². The zero-order valence-electron chi connectivity index (χ0n) is 10.9. The molecule has 1 N–H and O–H groups in total. The van der Waals surface area contributed by atoms with Gasteiger partial charge in [-0.3, -0.25) is 0 Å². The Kier molecular flexibility index (Phi) is 3.88. The Morgan fingerprint density at radius 1 is 1.33 bits per heavy atom. The van der Waals surface area contributed by atoms with Crippen molar-refractivity contribution in [3.8, 4) is 11.6 Å². The van der Waals surface area contributed by atoms with E-state index in [2.05, 4.69) is 5.10 Å². The van der Waals surface area contributed by atoms with E-state index in [9.17, 15) is 18.0 Å². The van der Waals surface area contributed by atoms with Crippen LogP contribution in [0, 0.1) is 0 Å². The first kappa shape index (κ1) is 14.9. The van der Waals surface area contributed by atoms with E-state index < -0.39 is 17.8 Å². The SMILES string of the molecule is CCOc1cc(C(F)(F)F)n(-c2ccc(C(=O)O)cc2)n1. The number of carboxylic acids is 1. The smallest absolute Gasteiger partial charge is 0.433 e. The molecule has 112 valence electrons. The molecule has 1 heterocycles. The third kappa shape index (κ3) is 3.15. The third-order valence-electron chi connectivity index (χ3n) is 2.63. The van der Waals surface area contributed by atoms with Crippen LogP contribution in [0.15, 0.2) is 30.3 Å². The van der Waals surface area contributed by atoms with Crippen LogP contribution in [0.3, 0.4) is 0 Å². The lowest BCUT2D eigenvalue weighted by atomic mass is 10.2. The maximum atomic E-state index is 13.0. The van der Waals surface area contributed by atoms with Gasteiger partial charge in [0.05, 0.1) is 17.9 Å². The minimum Gasteiger partial charge on any atom is -0.478 e. The molecule has 0 aliphatic rings. The van der Waals surface area contributed by atoms with Crippen LogP contribution in [0.1, 0.15) is 23.0 Å². The van der Waals surface area contributed by atoms with E-state index in [1.807, 2.05) is 0 Å². The van der Waals surface area contributed by atoms with Gasteiger partial charge >= 0.3 is 12.1 Å². The van der Waals surface area contributed by atoms with Gasteiger partial charge in [0, 0.05) is 6.07 Å². The van der Waals surface area contributed by atoms with Crippen molar-refractivity contribution < 1.29 is 27.8 Å². The van der Waals surface area contributed by atoms with Crippen molar-refractivity contribution >= 4 is 5.97 Å². The normalized spacial score (nSPS) is 11.4. The summed E-state index contributed by atoms with van der Waals surface area (Å²) < 4.78 is 44.6. The molecular weight excluding hydrogens is 289 g/mol. The lowest BCUT2D eigenvalue weighted by molar-refractivity contribution is -0.142. The minimum absolute atomic E-state index is 0.0236. The van der Waals surface area contributed by atoms with Gasteiger partial charge in [0.2, 0.25) is 5.88 Å². The highest BCUT2D eigenvalue weighted by atomic mass is 19.4. The quantitative estimate of drug-likeness (QED) is 0.942. The molecule has 21 heavy (non-hydrogen) atoms. The molecule has 8 heteroatoms. The number of carboxylic acid groups (broad SMARTS) is 1. The molecule has 0 spiro atoms. The number of rotatable bonds is 4. The predicted molar refractivity (Wildman–Crippen MR) is 66.7 cm³/mol. The molecule has 0 aliphatic heterocycles.